The lowest BCUT2D eigenvalue weighted by Gasteiger charge is -2.17. The van der Waals surface area contributed by atoms with E-state index in [4.69, 9.17) is 0 Å². The summed E-state index contributed by atoms with van der Waals surface area (Å²) in [6.45, 7) is 0. The maximum absolute atomic E-state index is 11.3. The van der Waals surface area contributed by atoms with Gasteiger partial charge in [-0.25, -0.2) is 0 Å². The first-order valence-electron chi connectivity index (χ1n) is 4.05. The van der Waals surface area contributed by atoms with Gasteiger partial charge >= 0.3 is 0 Å². The molecular weight excluding hydrogens is 124 g/mol. The quantitative estimate of drug-likeness (QED) is 0.466. The van der Waals surface area contributed by atoms with Crippen LogP contribution in [0.3, 0.4) is 0 Å². The molecule has 0 radical (unpaired) electrons. The molecule has 2 rings (SSSR count). The van der Waals surface area contributed by atoms with Gasteiger partial charge in [0.1, 0.15) is 5.78 Å². The zero-order valence-electron chi connectivity index (χ0n) is 6.10. The highest BCUT2D eigenvalue weighted by Gasteiger charge is 2.40. The smallest absolute Gasteiger partial charge is 0.142 e. The number of allylic oxidation sites excluding steroid dienone is 2. The Balaban J connectivity index is 2.28. The van der Waals surface area contributed by atoms with E-state index in [0.717, 1.165) is 32.1 Å². The van der Waals surface area contributed by atoms with E-state index in [0.29, 0.717) is 5.78 Å². The number of carbonyl (C=O) groups excluding carboxylic acids is 1. The van der Waals surface area contributed by atoms with Crippen LogP contribution < -0.4 is 0 Å². The Hall–Kier alpha value is -0.590. The standard InChI is InChI=1S/C9H12O/c10-8-4-3-7-9(8)5-1-2-6-9/h1,5H,2-4,6-7H2/t9-/m0/s1. The zero-order valence-corrected chi connectivity index (χ0v) is 6.10. The van der Waals surface area contributed by atoms with E-state index >= 15 is 0 Å². The number of Topliss-reactive ketones (excluding diaryl/α,β-unsaturated/α-hetero) is 1. The third-order valence-corrected chi connectivity index (χ3v) is 2.78. The number of rotatable bonds is 0. The van der Waals surface area contributed by atoms with E-state index in [1.54, 1.807) is 0 Å². The van der Waals surface area contributed by atoms with Gasteiger partial charge in [0.15, 0.2) is 0 Å². The molecule has 0 bridgehead atoms. The Morgan fingerprint density at radius 3 is 2.80 bits per heavy atom. The molecular formula is C9H12O. The maximum atomic E-state index is 11.3. The normalized spacial score (nSPS) is 38.2. The zero-order chi connectivity index (χ0) is 7.03. The molecule has 0 aromatic rings. The van der Waals surface area contributed by atoms with Crippen molar-refractivity contribution in [3.05, 3.63) is 12.2 Å². The molecule has 1 atom stereocenters. The summed E-state index contributed by atoms with van der Waals surface area (Å²) in [5.41, 5.74) is 0.0278. The summed E-state index contributed by atoms with van der Waals surface area (Å²) >= 11 is 0. The van der Waals surface area contributed by atoms with Crippen LogP contribution >= 0.6 is 0 Å². The molecule has 1 nitrogen and oxygen atoms in total. The summed E-state index contributed by atoms with van der Waals surface area (Å²) in [6, 6.07) is 0. The predicted octanol–water partition coefficient (Wildman–Crippen LogP) is 2.08. The van der Waals surface area contributed by atoms with Gasteiger partial charge in [0.25, 0.3) is 0 Å². The molecule has 0 saturated heterocycles. The summed E-state index contributed by atoms with van der Waals surface area (Å²) in [5.74, 6) is 0.487. The van der Waals surface area contributed by atoms with Crippen LogP contribution in [0, 0.1) is 5.41 Å². The van der Waals surface area contributed by atoms with E-state index in [1.807, 2.05) is 0 Å². The van der Waals surface area contributed by atoms with Crippen LogP contribution in [-0.2, 0) is 4.79 Å². The summed E-state index contributed by atoms with van der Waals surface area (Å²) < 4.78 is 0. The van der Waals surface area contributed by atoms with E-state index in [1.165, 1.54) is 0 Å². The average Bonchev–Trinajstić information content (AvgIpc) is 2.48. The van der Waals surface area contributed by atoms with Crippen molar-refractivity contribution < 1.29 is 4.79 Å². The van der Waals surface area contributed by atoms with Crippen LogP contribution in [0.25, 0.3) is 0 Å². The Labute approximate surface area is 61.1 Å². The molecule has 10 heavy (non-hydrogen) atoms. The summed E-state index contributed by atoms with van der Waals surface area (Å²) in [6.07, 6.45) is 9.55. The van der Waals surface area contributed by atoms with Gasteiger partial charge in [0, 0.05) is 11.8 Å². The lowest BCUT2D eigenvalue weighted by Crippen LogP contribution is -2.19. The lowest BCUT2D eigenvalue weighted by molar-refractivity contribution is -0.123. The Morgan fingerprint density at radius 1 is 1.40 bits per heavy atom. The highest BCUT2D eigenvalue weighted by atomic mass is 16.1. The summed E-state index contributed by atoms with van der Waals surface area (Å²) in [5, 5.41) is 0. The van der Waals surface area contributed by atoms with Gasteiger partial charge in [-0.05, 0) is 25.7 Å². The van der Waals surface area contributed by atoms with Crippen molar-refractivity contribution in [3.8, 4) is 0 Å². The summed E-state index contributed by atoms with van der Waals surface area (Å²) in [4.78, 5) is 11.3. The largest absolute Gasteiger partial charge is 0.299 e. The highest BCUT2D eigenvalue weighted by molar-refractivity contribution is 5.89. The second-order valence-corrected chi connectivity index (χ2v) is 3.37. The lowest BCUT2D eigenvalue weighted by atomic mass is 9.85. The number of ketones is 1. The van der Waals surface area contributed by atoms with E-state index in [2.05, 4.69) is 12.2 Å². The summed E-state index contributed by atoms with van der Waals surface area (Å²) in [7, 11) is 0. The third-order valence-electron chi connectivity index (χ3n) is 2.78. The molecule has 1 saturated carbocycles. The molecule has 0 aromatic carbocycles. The van der Waals surface area contributed by atoms with Gasteiger partial charge in [-0.1, -0.05) is 12.2 Å². The molecule has 2 aliphatic rings. The number of hydrogen-bond donors (Lipinski definition) is 0. The molecule has 0 aromatic heterocycles. The minimum atomic E-state index is 0.0278. The number of hydrogen-bond acceptors (Lipinski definition) is 1. The van der Waals surface area contributed by atoms with Crippen molar-refractivity contribution in [1.29, 1.82) is 0 Å². The minimum Gasteiger partial charge on any atom is -0.299 e. The van der Waals surface area contributed by atoms with Gasteiger partial charge in [-0.2, -0.15) is 0 Å². The first-order chi connectivity index (χ1) is 4.83. The van der Waals surface area contributed by atoms with Gasteiger partial charge < -0.3 is 0 Å². The van der Waals surface area contributed by atoms with Crippen molar-refractivity contribution in [2.75, 3.05) is 0 Å². The van der Waals surface area contributed by atoms with E-state index < -0.39 is 0 Å². The molecule has 0 heterocycles. The second-order valence-electron chi connectivity index (χ2n) is 3.37. The Kier molecular flexibility index (Phi) is 1.19. The van der Waals surface area contributed by atoms with Gasteiger partial charge in [-0.3, -0.25) is 4.79 Å². The molecule has 0 amide bonds. The first kappa shape index (κ1) is 6.14. The van der Waals surface area contributed by atoms with Crippen LogP contribution in [0.1, 0.15) is 32.1 Å². The van der Waals surface area contributed by atoms with Crippen LogP contribution in [0.15, 0.2) is 12.2 Å². The molecule has 54 valence electrons. The van der Waals surface area contributed by atoms with Crippen LogP contribution in [0.4, 0.5) is 0 Å². The molecule has 2 aliphatic carbocycles. The topological polar surface area (TPSA) is 17.1 Å². The fourth-order valence-electron chi connectivity index (χ4n) is 2.13. The third kappa shape index (κ3) is 0.664. The molecule has 1 spiro atoms. The van der Waals surface area contributed by atoms with Gasteiger partial charge in [0.2, 0.25) is 0 Å². The van der Waals surface area contributed by atoms with Crippen LogP contribution in [-0.4, -0.2) is 5.78 Å². The molecule has 0 aliphatic heterocycles. The monoisotopic (exact) mass is 136 g/mol. The van der Waals surface area contributed by atoms with Crippen LogP contribution in [0.2, 0.25) is 0 Å². The first-order valence-corrected chi connectivity index (χ1v) is 4.05. The Bertz CT molecular complexity index is 193. The number of carbonyl (C=O) groups is 1. The Morgan fingerprint density at radius 2 is 2.30 bits per heavy atom. The van der Waals surface area contributed by atoms with Crippen molar-refractivity contribution in [3.63, 3.8) is 0 Å². The van der Waals surface area contributed by atoms with Crippen molar-refractivity contribution >= 4 is 5.78 Å². The van der Waals surface area contributed by atoms with E-state index in [9.17, 15) is 4.79 Å². The van der Waals surface area contributed by atoms with Crippen molar-refractivity contribution in [2.24, 2.45) is 5.41 Å². The fraction of sp³-hybridized carbons (Fsp3) is 0.667. The molecule has 1 fully saturated rings. The second kappa shape index (κ2) is 1.94. The fourth-order valence-corrected chi connectivity index (χ4v) is 2.13. The molecule has 0 N–H and O–H groups in total. The van der Waals surface area contributed by atoms with Gasteiger partial charge in [0.05, 0.1) is 0 Å². The van der Waals surface area contributed by atoms with Crippen molar-refractivity contribution in [1.82, 2.24) is 0 Å². The average molecular weight is 136 g/mol. The molecule has 0 unspecified atom stereocenters. The van der Waals surface area contributed by atoms with Gasteiger partial charge in [-0.15, -0.1) is 0 Å². The maximum Gasteiger partial charge on any atom is 0.142 e. The highest BCUT2D eigenvalue weighted by Crippen LogP contribution is 2.43. The van der Waals surface area contributed by atoms with Crippen LogP contribution in [0.5, 0.6) is 0 Å². The van der Waals surface area contributed by atoms with E-state index in [-0.39, 0.29) is 5.41 Å². The SMILES string of the molecule is O=C1CCC[C@@]12C=CCC2. The minimum absolute atomic E-state index is 0.0278. The molecule has 1 heteroatoms. The predicted molar refractivity (Wildman–Crippen MR) is 39.7 cm³/mol. The van der Waals surface area contributed by atoms with Crippen molar-refractivity contribution in [2.45, 2.75) is 32.1 Å².